The third-order valence-electron chi connectivity index (χ3n) is 0.975. The van der Waals surface area contributed by atoms with E-state index >= 15 is 0 Å². The molecule has 56 valence electrons. The predicted octanol–water partition coefficient (Wildman–Crippen LogP) is 1.52. The van der Waals surface area contributed by atoms with Crippen molar-refractivity contribution in [1.82, 2.24) is 0 Å². The normalized spacial score (nSPS) is 20.8. The maximum atomic E-state index is 3.92. The summed E-state index contributed by atoms with van der Waals surface area (Å²) in [7, 11) is 0. The second-order valence-corrected chi connectivity index (χ2v) is 3.67. The topological polar surface area (TPSA) is 24.7 Å². The van der Waals surface area contributed by atoms with Gasteiger partial charge in [0.15, 0.2) is 0 Å². The molecule has 0 bridgehead atoms. The first-order chi connectivity index (χ1) is 5.00. The van der Waals surface area contributed by atoms with Crippen molar-refractivity contribution < 1.29 is 0 Å². The molecule has 0 saturated heterocycles. The molecule has 0 fully saturated rings. The third-order valence-corrected chi connectivity index (χ3v) is 2.41. The average Bonchev–Trinajstić information content (AvgIpc) is 2.67. The van der Waals surface area contributed by atoms with Crippen LogP contribution in [0, 0.1) is 0 Å². The zero-order chi connectivity index (χ0) is 7.07. The minimum absolute atomic E-state index is 1.03. The van der Waals surface area contributed by atoms with Gasteiger partial charge in [-0.05, 0) is 0 Å². The first-order valence-electron chi connectivity index (χ1n) is 3.20. The monoisotopic (exact) mass is 174 g/mol. The Labute approximate surface area is 69.6 Å². The Morgan fingerprint density at radius 2 is 1.40 bits per heavy atom. The van der Waals surface area contributed by atoms with Crippen molar-refractivity contribution in [1.29, 1.82) is 0 Å². The molecule has 0 aliphatic carbocycles. The Morgan fingerprint density at radius 3 is 1.50 bits per heavy atom. The summed E-state index contributed by atoms with van der Waals surface area (Å²) in [5, 5.41) is 0. The van der Waals surface area contributed by atoms with Crippen molar-refractivity contribution >= 4 is 34.6 Å². The zero-order valence-corrected chi connectivity index (χ0v) is 7.33. The fourth-order valence-electron chi connectivity index (χ4n) is 0.527. The van der Waals surface area contributed by atoms with Crippen LogP contribution in [-0.2, 0) is 0 Å². The van der Waals surface area contributed by atoms with Crippen LogP contribution in [0.15, 0.2) is 9.98 Å². The number of rotatable bonds is 0. The fourth-order valence-corrected chi connectivity index (χ4v) is 1.58. The molecule has 0 aromatic rings. The van der Waals surface area contributed by atoms with Gasteiger partial charge in [0, 0.05) is 24.6 Å². The molecule has 2 aliphatic heterocycles. The van der Waals surface area contributed by atoms with Crippen molar-refractivity contribution in [2.45, 2.75) is 0 Å². The molecule has 0 saturated carbocycles. The van der Waals surface area contributed by atoms with Crippen LogP contribution in [0.25, 0.3) is 0 Å². The zero-order valence-electron chi connectivity index (χ0n) is 5.69. The molecule has 2 rings (SSSR count). The lowest BCUT2D eigenvalue weighted by Crippen LogP contribution is -1.69. The minimum atomic E-state index is 1.03. The van der Waals surface area contributed by atoms with Gasteiger partial charge in [-0.25, -0.2) is 0 Å². The summed E-state index contributed by atoms with van der Waals surface area (Å²) < 4.78 is 0. The third kappa shape index (κ3) is 3.95. The first-order valence-corrected chi connectivity index (χ1v) is 5.30. The molecule has 0 N–H and O–H groups in total. The SMILES string of the molecule is C1=NCCS1.C1=NCCS1. The Bertz CT molecular complexity index is 106. The lowest BCUT2D eigenvalue weighted by molar-refractivity contribution is 1.18. The molecule has 2 heterocycles. The Morgan fingerprint density at radius 1 is 0.900 bits per heavy atom. The number of hydrogen-bond acceptors (Lipinski definition) is 4. The van der Waals surface area contributed by atoms with Crippen LogP contribution in [-0.4, -0.2) is 35.7 Å². The van der Waals surface area contributed by atoms with Crippen LogP contribution >= 0.6 is 23.5 Å². The molecule has 0 spiro atoms. The van der Waals surface area contributed by atoms with Crippen LogP contribution in [0.2, 0.25) is 0 Å². The summed E-state index contributed by atoms with van der Waals surface area (Å²) in [5.41, 5.74) is 3.81. The highest BCUT2D eigenvalue weighted by molar-refractivity contribution is 8.12. The average molecular weight is 174 g/mol. The van der Waals surface area contributed by atoms with Crippen LogP contribution in [0.4, 0.5) is 0 Å². The van der Waals surface area contributed by atoms with Gasteiger partial charge >= 0.3 is 0 Å². The second-order valence-electron chi connectivity index (χ2n) is 1.76. The van der Waals surface area contributed by atoms with Gasteiger partial charge in [-0.15, -0.1) is 23.5 Å². The quantitative estimate of drug-likeness (QED) is 0.556. The van der Waals surface area contributed by atoms with Gasteiger partial charge in [0.2, 0.25) is 0 Å². The van der Waals surface area contributed by atoms with E-state index in [9.17, 15) is 0 Å². The van der Waals surface area contributed by atoms with Gasteiger partial charge in [0.25, 0.3) is 0 Å². The maximum Gasteiger partial charge on any atom is 0.0542 e. The number of hydrogen-bond donors (Lipinski definition) is 0. The Kier molecular flexibility index (Phi) is 4.72. The van der Waals surface area contributed by atoms with E-state index in [4.69, 9.17) is 0 Å². The van der Waals surface area contributed by atoms with Crippen molar-refractivity contribution in [2.24, 2.45) is 9.98 Å². The molecule has 10 heavy (non-hydrogen) atoms. The van der Waals surface area contributed by atoms with E-state index in [0.717, 1.165) is 13.1 Å². The first kappa shape index (κ1) is 8.14. The van der Waals surface area contributed by atoms with Gasteiger partial charge in [-0.1, -0.05) is 0 Å². The maximum absolute atomic E-state index is 3.92. The van der Waals surface area contributed by atoms with E-state index in [2.05, 4.69) is 9.98 Å². The summed E-state index contributed by atoms with van der Waals surface area (Å²) in [5.74, 6) is 2.39. The van der Waals surface area contributed by atoms with Crippen molar-refractivity contribution in [2.75, 3.05) is 24.6 Å². The highest BCUT2D eigenvalue weighted by atomic mass is 32.2. The summed E-state index contributed by atoms with van der Waals surface area (Å²) in [6.07, 6.45) is 0. The second kappa shape index (κ2) is 5.80. The molecule has 0 atom stereocenters. The molecule has 4 heteroatoms. The van der Waals surface area contributed by atoms with Crippen LogP contribution in [0.1, 0.15) is 0 Å². The lowest BCUT2D eigenvalue weighted by atomic mass is 10.8. The molecular formula is C6H10N2S2. The Hall–Kier alpha value is 0.0400. The van der Waals surface area contributed by atoms with Gasteiger partial charge in [0.05, 0.1) is 11.1 Å². The predicted molar refractivity (Wildman–Crippen MR) is 51.6 cm³/mol. The summed E-state index contributed by atoms with van der Waals surface area (Å²) in [6, 6.07) is 0. The number of aliphatic imine (C=N–C) groups is 2. The largest absolute Gasteiger partial charge is 0.285 e. The molecule has 0 unspecified atom stereocenters. The molecule has 0 radical (unpaired) electrons. The summed E-state index contributed by atoms with van der Waals surface area (Å²) in [4.78, 5) is 7.84. The lowest BCUT2D eigenvalue weighted by Gasteiger charge is -1.67. The van der Waals surface area contributed by atoms with Gasteiger partial charge in [-0.2, -0.15) is 0 Å². The van der Waals surface area contributed by atoms with Gasteiger partial charge in [0.1, 0.15) is 0 Å². The standard InChI is InChI=1S/2C3H5NS/c2*1-2-5-3-4-1/h2*3H,1-2H2. The van der Waals surface area contributed by atoms with E-state index in [-0.39, 0.29) is 0 Å². The van der Waals surface area contributed by atoms with Crippen molar-refractivity contribution in [3.8, 4) is 0 Å². The highest BCUT2D eigenvalue weighted by Gasteiger charge is 1.86. The summed E-state index contributed by atoms with van der Waals surface area (Å²) >= 11 is 3.56. The smallest absolute Gasteiger partial charge is 0.0542 e. The van der Waals surface area contributed by atoms with Gasteiger partial charge in [-0.3, -0.25) is 9.98 Å². The molecule has 2 aliphatic rings. The molecule has 0 aromatic heterocycles. The minimum Gasteiger partial charge on any atom is -0.285 e. The van der Waals surface area contributed by atoms with Crippen LogP contribution in [0.3, 0.4) is 0 Å². The van der Waals surface area contributed by atoms with Crippen molar-refractivity contribution in [3.63, 3.8) is 0 Å². The van der Waals surface area contributed by atoms with Crippen molar-refractivity contribution in [3.05, 3.63) is 0 Å². The van der Waals surface area contributed by atoms with E-state index in [0.29, 0.717) is 0 Å². The van der Waals surface area contributed by atoms with E-state index in [1.54, 1.807) is 23.5 Å². The fraction of sp³-hybridized carbons (Fsp3) is 0.667. The number of thioether (sulfide) groups is 2. The van der Waals surface area contributed by atoms with E-state index in [1.807, 2.05) is 11.1 Å². The highest BCUT2D eigenvalue weighted by Crippen LogP contribution is 2.00. The van der Waals surface area contributed by atoms with E-state index < -0.39 is 0 Å². The summed E-state index contributed by atoms with van der Waals surface area (Å²) in [6.45, 7) is 2.06. The molecule has 2 nitrogen and oxygen atoms in total. The molecular weight excluding hydrogens is 164 g/mol. The van der Waals surface area contributed by atoms with E-state index in [1.165, 1.54) is 11.5 Å². The Balaban J connectivity index is 0.0000001000. The molecule has 0 amide bonds. The van der Waals surface area contributed by atoms with Crippen LogP contribution < -0.4 is 0 Å². The number of nitrogens with zero attached hydrogens (tertiary/aromatic N) is 2. The van der Waals surface area contributed by atoms with Crippen LogP contribution in [0.5, 0.6) is 0 Å². The molecule has 0 aromatic carbocycles. The van der Waals surface area contributed by atoms with Gasteiger partial charge < -0.3 is 0 Å².